The summed E-state index contributed by atoms with van der Waals surface area (Å²) in [6.07, 6.45) is 3.48. The highest BCUT2D eigenvalue weighted by molar-refractivity contribution is 14.0. The molecule has 0 amide bonds. The normalized spacial score (nSPS) is 17.3. The van der Waals surface area contributed by atoms with Crippen molar-refractivity contribution in [1.29, 1.82) is 0 Å². The lowest BCUT2D eigenvalue weighted by molar-refractivity contribution is 0.117. The third kappa shape index (κ3) is 6.84. The highest BCUT2D eigenvalue weighted by atomic mass is 127. The fourth-order valence-electron chi connectivity index (χ4n) is 2.67. The summed E-state index contributed by atoms with van der Waals surface area (Å²) in [5, 5.41) is 6.67. The Hall–Kier alpha value is -1.02. The number of guanidine groups is 1. The standard InChI is InChI=1S/C18H29N3O2.HI/c1-4-19-18(21-13-16-6-5-11-23-16)20-10-9-15-8-7-14(2)17(12-15)22-3;/h7-8,12,16H,4-6,9-11,13H2,1-3H3,(H2,19,20,21);1H. The number of hydrogen-bond acceptors (Lipinski definition) is 3. The zero-order chi connectivity index (χ0) is 16.5. The Morgan fingerprint density at radius 1 is 1.38 bits per heavy atom. The van der Waals surface area contributed by atoms with E-state index >= 15 is 0 Å². The van der Waals surface area contributed by atoms with Crippen molar-refractivity contribution in [3.63, 3.8) is 0 Å². The third-order valence-electron chi connectivity index (χ3n) is 4.00. The molecule has 6 heteroatoms. The van der Waals surface area contributed by atoms with Gasteiger partial charge < -0.3 is 20.1 Å². The van der Waals surface area contributed by atoms with Crippen molar-refractivity contribution in [3.8, 4) is 5.75 Å². The molecule has 1 aliphatic rings. The summed E-state index contributed by atoms with van der Waals surface area (Å²) >= 11 is 0. The SMILES string of the molecule is CCNC(=NCC1CCCO1)NCCc1ccc(C)c(OC)c1.I. The lowest BCUT2D eigenvalue weighted by atomic mass is 10.1. The zero-order valence-electron chi connectivity index (χ0n) is 14.9. The van der Waals surface area contributed by atoms with E-state index in [1.807, 2.05) is 0 Å². The number of aliphatic imine (C=N–C) groups is 1. The first-order valence-electron chi connectivity index (χ1n) is 8.50. The van der Waals surface area contributed by atoms with Gasteiger partial charge in [-0.3, -0.25) is 4.99 Å². The molecule has 2 rings (SSSR count). The van der Waals surface area contributed by atoms with Crippen molar-refractivity contribution < 1.29 is 9.47 Å². The van der Waals surface area contributed by atoms with Crippen molar-refractivity contribution in [3.05, 3.63) is 29.3 Å². The van der Waals surface area contributed by atoms with Gasteiger partial charge in [-0.15, -0.1) is 24.0 Å². The summed E-state index contributed by atoms with van der Waals surface area (Å²) in [6.45, 7) is 7.43. The van der Waals surface area contributed by atoms with Crippen molar-refractivity contribution in [1.82, 2.24) is 10.6 Å². The van der Waals surface area contributed by atoms with E-state index < -0.39 is 0 Å². The number of ether oxygens (including phenoxy) is 2. The first-order chi connectivity index (χ1) is 11.2. The molecule has 0 aliphatic carbocycles. The number of nitrogens with zero attached hydrogens (tertiary/aromatic N) is 1. The minimum absolute atomic E-state index is 0. The Morgan fingerprint density at radius 3 is 2.88 bits per heavy atom. The summed E-state index contributed by atoms with van der Waals surface area (Å²) in [5.74, 6) is 1.81. The molecule has 1 heterocycles. The van der Waals surface area contributed by atoms with Gasteiger partial charge in [-0.25, -0.2) is 0 Å². The van der Waals surface area contributed by atoms with E-state index in [4.69, 9.17) is 9.47 Å². The summed E-state index contributed by atoms with van der Waals surface area (Å²) in [4.78, 5) is 4.62. The van der Waals surface area contributed by atoms with Crippen LogP contribution >= 0.6 is 24.0 Å². The third-order valence-corrected chi connectivity index (χ3v) is 4.00. The highest BCUT2D eigenvalue weighted by Gasteiger charge is 2.14. The fraction of sp³-hybridized carbons (Fsp3) is 0.611. The minimum Gasteiger partial charge on any atom is -0.496 e. The van der Waals surface area contributed by atoms with E-state index in [0.29, 0.717) is 0 Å². The number of aryl methyl sites for hydroxylation is 1. The van der Waals surface area contributed by atoms with Gasteiger partial charge in [-0.2, -0.15) is 0 Å². The van der Waals surface area contributed by atoms with Crippen LogP contribution in [0.4, 0.5) is 0 Å². The van der Waals surface area contributed by atoms with Crippen LogP contribution in [0.3, 0.4) is 0 Å². The molecule has 24 heavy (non-hydrogen) atoms. The zero-order valence-corrected chi connectivity index (χ0v) is 17.3. The molecular weight excluding hydrogens is 417 g/mol. The largest absolute Gasteiger partial charge is 0.496 e. The second-order valence-electron chi connectivity index (χ2n) is 5.84. The number of halogens is 1. The Balaban J connectivity index is 0.00000288. The van der Waals surface area contributed by atoms with Crippen LogP contribution in [0, 0.1) is 6.92 Å². The van der Waals surface area contributed by atoms with Gasteiger partial charge in [0.25, 0.3) is 0 Å². The van der Waals surface area contributed by atoms with Gasteiger partial charge in [0.1, 0.15) is 5.75 Å². The molecule has 1 aromatic rings. The van der Waals surface area contributed by atoms with Crippen molar-refractivity contribution >= 4 is 29.9 Å². The number of hydrogen-bond donors (Lipinski definition) is 2. The first kappa shape index (κ1) is 21.0. The van der Waals surface area contributed by atoms with Crippen molar-refractivity contribution in [2.45, 2.75) is 39.2 Å². The average Bonchev–Trinajstić information content (AvgIpc) is 3.07. The monoisotopic (exact) mass is 447 g/mol. The second kappa shape index (κ2) is 11.5. The Kier molecular flexibility index (Phi) is 10.1. The van der Waals surface area contributed by atoms with Crippen LogP contribution in [0.5, 0.6) is 5.75 Å². The number of benzene rings is 1. The number of nitrogens with one attached hydrogen (secondary N) is 2. The van der Waals surface area contributed by atoms with Gasteiger partial charge in [-0.1, -0.05) is 12.1 Å². The molecule has 1 aromatic carbocycles. The molecule has 1 unspecified atom stereocenters. The molecule has 0 radical (unpaired) electrons. The van der Waals surface area contributed by atoms with Crippen LogP contribution in [0.15, 0.2) is 23.2 Å². The lowest BCUT2D eigenvalue weighted by Crippen LogP contribution is -2.38. The molecule has 0 bridgehead atoms. The van der Waals surface area contributed by atoms with Gasteiger partial charge in [0.15, 0.2) is 5.96 Å². The molecule has 136 valence electrons. The maximum Gasteiger partial charge on any atom is 0.191 e. The topological polar surface area (TPSA) is 54.9 Å². The Bertz CT molecular complexity index is 517. The fourth-order valence-corrected chi connectivity index (χ4v) is 2.67. The molecular formula is C18H30IN3O2. The maximum absolute atomic E-state index is 5.62. The lowest BCUT2D eigenvalue weighted by Gasteiger charge is -2.13. The van der Waals surface area contributed by atoms with Crippen LogP contribution < -0.4 is 15.4 Å². The van der Waals surface area contributed by atoms with Crippen molar-refractivity contribution in [2.24, 2.45) is 4.99 Å². The summed E-state index contributed by atoms with van der Waals surface area (Å²) < 4.78 is 11.0. The van der Waals surface area contributed by atoms with E-state index in [2.05, 4.69) is 47.7 Å². The van der Waals surface area contributed by atoms with Gasteiger partial charge in [0.2, 0.25) is 0 Å². The van der Waals surface area contributed by atoms with E-state index in [1.165, 1.54) is 5.56 Å². The smallest absolute Gasteiger partial charge is 0.191 e. The van der Waals surface area contributed by atoms with Crippen LogP contribution in [0.1, 0.15) is 30.9 Å². The van der Waals surface area contributed by atoms with Crippen LogP contribution in [-0.4, -0.2) is 45.4 Å². The number of methoxy groups -OCH3 is 1. The van der Waals surface area contributed by atoms with Gasteiger partial charge in [-0.05, 0) is 50.3 Å². The highest BCUT2D eigenvalue weighted by Crippen LogP contribution is 2.19. The molecule has 1 aliphatic heterocycles. The van der Waals surface area contributed by atoms with Crippen LogP contribution in [0.2, 0.25) is 0 Å². The first-order valence-corrected chi connectivity index (χ1v) is 8.50. The molecule has 1 fully saturated rings. The van der Waals surface area contributed by atoms with Crippen LogP contribution in [-0.2, 0) is 11.2 Å². The van der Waals surface area contributed by atoms with Crippen LogP contribution in [0.25, 0.3) is 0 Å². The minimum atomic E-state index is 0. The van der Waals surface area contributed by atoms with E-state index in [1.54, 1.807) is 7.11 Å². The average molecular weight is 447 g/mol. The summed E-state index contributed by atoms with van der Waals surface area (Å²) in [7, 11) is 1.71. The van der Waals surface area contributed by atoms with Gasteiger partial charge in [0.05, 0.1) is 19.8 Å². The summed E-state index contributed by atoms with van der Waals surface area (Å²) in [5.41, 5.74) is 2.42. The Morgan fingerprint density at radius 2 is 2.21 bits per heavy atom. The quantitative estimate of drug-likeness (QED) is 0.384. The predicted octanol–water partition coefficient (Wildman–Crippen LogP) is 2.90. The molecule has 2 N–H and O–H groups in total. The molecule has 0 saturated carbocycles. The molecule has 0 aromatic heterocycles. The molecule has 1 atom stereocenters. The van der Waals surface area contributed by atoms with Crippen molar-refractivity contribution in [2.75, 3.05) is 33.4 Å². The Labute approximate surface area is 162 Å². The van der Waals surface area contributed by atoms with E-state index in [9.17, 15) is 0 Å². The van der Waals surface area contributed by atoms with E-state index in [0.717, 1.165) is 62.8 Å². The number of rotatable bonds is 7. The second-order valence-corrected chi connectivity index (χ2v) is 5.84. The van der Waals surface area contributed by atoms with E-state index in [-0.39, 0.29) is 30.1 Å². The molecule has 1 saturated heterocycles. The maximum atomic E-state index is 5.62. The predicted molar refractivity (Wildman–Crippen MR) is 110 cm³/mol. The van der Waals surface area contributed by atoms with Gasteiger partial charge in [0, 0.05) is 19.7 Å². The van der Waals surface area contributed by atoms with Gasteiger partial charge >= 0.3 is 0 Å². The summed E-state index contributed by atoms with van der Waals surface area (Å²) in [6, 6.07) is 6.36. The molecule has 0 spiro atoms. The molecule has 5 nitrogen and oxygen atoms in total.